The van der Waals surface area contributed by atoms with Crippen molar-refractivity contribution >= 4 is 45.6 Å². The first kappa shape index (κ1) is 26.0. The molecule has 0 spiro atoms. The topological polar surface area (TPSA) is 85.7 Å². The number of anilines is 1. The van der Waals surface area contributed by atoms with E-state index in [0.29, 0.717) is 16.0 Å². The van der Waals surface area contributed by atoms with Gasteiger partial charge in [-0.15, -0.1) is 11.3 Å². The second kappa shape index (κ2) is 12.2. The van der Waals surface area contributed by atoms with Crippen molar-refractivity contribution in [3.63, 3.8) is 0 Å². The third kappa shape index (κ3) is 7.17. The molecule has 0 aliphatic heterocycles. The van der Waals surface area contributed by atoms with Crippen LogP contribution in [0.2, 0.25) is 10.0 Å². The summed E-state index contributed by atoms with van der Waals surface area (Å²) in [7, 11) is 0. The summed E-state index contributed by atoms with van der Waals surface area (Å²) < 4.78 is 0. The standard InChI is InChI=1S/C24H31Cl2N3O3S/c1-3-4-11-29(24-28-21(14-33-24)18-9-10-19(25)20(26)12-18)13-16-5-7-17(8-6-16)22(30)27-15(2)23(31)32/h7,9-10,12,14-16,22,27,30H,3-6,8,11,13H2,1-2H3,(H,31,32). The molecule has 2 aromatic rings. The monoisotopic (exact) mass is 511 g/mol. The molecule has 0 saturated heterocycles. The van der Waals surface area contributed by atoms with Gasteiger partial charge in [0.15, 0.2) is 5.13 Å². The van der Waals surface area contributed by atoms with Crippen LogP contribution in [0.15, 0.2) is 35.2 Å². The molecule has 3 unspecified atom stereocenters. The van der Waals surface area contributed by atoms with E-state index in [4.69, 9.17) is 33.3 Å². The Morgan fingerprint density at radius 1 is 1.36 bits per heavy atom. The second-order valence-corrected chi connectivity index (χ2v) is 10.1. The maximum absolute atomic E-state index is 11.0. The molecule has 0 saturated carbocycles. The number of aliphatic hydroxyl groups excluding tert-OH is 1. The van der Waals surface area contributed by atoms with Gasteiger partial charge in [-0.2, -0.15) is 0 Å². The fraction of sp³-hybridized carbons (Fsp3) is 0.500. The number of rotatable bonds is 11. The Bertz CT molecular complexity index is 982. The molecule has 1 aliphatic rings. The maximum atomic E-state index is 11.0. The highest BCUT2D eigenvalue weighted by molar-refractivity contribution is 7.14. The van der Waals surface area contributed by atoms with E-state index in [0.717, 1.165) is 67.2 Å². The Morgan fingerprint density at radius 3 is 2.79 bits per heavy atom. The third-order valence-electron chi connectivity index (χ3n) is 5.92. The van der Waals surface area contributed by atoms with Gasteiger partial charge in [0.2, 0.25) is 0 Å². The zero-order chi connectivity index (χ0) is 24.0. The molecular formula is C24H31Cl2N3O3S. The van der Waals surface area contributed by atoms with E-state index in [9.17, 15) is 9.90 Å². The lowest BCUT2D eigenvalue weighted by molar-refractivity contribution is -0.139. The highest BCUT2D eigenvalue weighted by atomic mass is 35.5. The molecule has 0 amide bonds. The van der Waals surface area contributed by atoms with Crippen LogP contribution in [0.25, 0.3) is 11.3 Å². The number of carboxylic acid groups (broad SMARTS) is 1. The van der Waals surface area contributed by atoms with Crippen LogP contribution < -0.4 is 10.2 Å². The van der Waals surface area contributed by atoms with Crippen LogP contribution >= 0.6 is 34.5 Å². The summed E-state index contributed by atoms with van der Waals surface area (Å²) in [6, 6.07) is 4.77. The molecule has 0 fully saturated rings. The number of thiazole rings is 1. The lowest BCUT2D eigenvalue weighted by Crippen LogP contribution is -2.42. The first-order chi connectivity index (χ1) is 15.8. The van der Waals surface area contributed by atoms with Gasteiger partial charge in [0.25, 0.3) is 0 Å². The van der Waals surface area contributed by atoms with Crippen LogP contribution in [-0.4, -0.2) is 46.5 Å². The minimum Gasteiger partial charge on any atom is -0.480 e. The molecule has 1 heterocycles. The fourth-order valence-corrected chi connectivity index (χ4v) is 5.03. The van der Waals surface area contributed by atoms with Crippen LogP contribution in [0.3, 0.4) is 0 Å². The number of allylic oxidation sites excluding steroid dienone is 1. The van der Waals surface area contributed by atoms with Crippen LogP contribution in [0.1, 0.15) is 46.0 Å². The molecule has 1 aliphatic carbocycles. The van der Waals surface area contributed by atoms with Crippen molar-refractivity contribution in [1.29, 1.82) is 0 Å². The molecule has 33 heavy (non-hydrogen) atoms. The highest BCUT2D eigenvalue weighted by Gasteiger charge is 2.24. The Morgan fingerprint density at radius 2 is 2.15 bits per heavy atom. The summed E-state index contributed by atoms with van der Waals surface area (Å²) in [5.74, 6) is -0.523. The van der Waals surface area contributed by atoms with E-state index >= 15 is 0 Å². The average Bonchev–Trinajstić information content (AvgIpc) is 3.29. The van der Waals surface area contributed by atoms with Gasteiger partial charge in [-0.05, 0) is 56.2 Å². The minimum atomic E-state index is -0.974. The van der Waals surface area contributed by atoms with Crippen LogP contribution in [0, 0.1) is 5.92 Å². The van der Waals surface area contributed by atoms with E-state index in [1.54, 1.807) is 17.4 Å². The normalized spacial score (nSPS) is 18.0. The molecule has 3 N–H and O–H groups in total. The molecule has 3 rings (SSSR count). The summed E-state index contributed by atoms with van der Waals surface area (Å²) in [6.45, 7) is 5.55. The Balaban J connectivity index is 1.66. The third-order valence-corrected chi connectivity index (χ3v) is 7.56. The van der Waals surface area contributed by atoms with Crippen molar-refractivity contribution in [1.82, 2.24) is 10.3 Å². The van der Waals surface area contributed by atoms with E-state index in [1.165, 1.54) is 6.92 Å². The molecule has 9 heteroatoms. The van der Waals surface area contributed by atoms with Crippen molar-refractivity contribution in [3.8, 4) is 11.3 Å². The summed E-state index contributed by atoms with van der Waals surface area (Å²) >= 11 is 13.9. The van der Waals surface area contributed by atoms with Crippen LogP contribution in [0.4, 0.5) is 5.13 Å². The van der Waals surface area contributed by atoms with Gasteiger partial charge in [-0.3, -0.25) is 10.1 Å². The second-order valence-electron chi connectivity index (χ2n) is 8.49. The predicted octanol–water partition coefficient (Wildman–Crippen LogP) is 5.83. The SMILES string of the molecule is CCCCN(CC1CC=C(C(O)NC(C)C(=O)O)CC1)c1nc(-c2ccc(Cl)c(Cl)c2)cs1. The number of halogens is 2. The molecule has 1 aromatic heterocycles. The van der Waals surface area contributed by atoms with Gasteiger partial charge in [0.05, 0.1) is 15.7 Å². The van der Waals surface area contributed by atoms with Crippen molar-refractivity contribution in [2.75, 3.05) is 18.0 Å². The van der Waals surface area contributed by atoms with Crippen molar-refractivity contribution in [2.24, 2.45) is 5.92 Å². The lowest BCUT2D eigenvalue weighted by atomic mass is 9.88. The number of aliphatic hydroxyl groups is 1. The highest BCUT2D eigenvalue weighted by Crippen LogP contribution is 2.33. The van der Waals surface area contributed by atoms with Gasteiger partial charge in [0, 0.05) is 24.0 Å². The minimum absolute atomic E-state index is 0.451. The number of nitrogens with zero attached hydrogens (tertiary/aromatic N) is 2. The zero-order valence-corrected chi connectivity index (χ0v) is 21.3. The molecule has 1 aromatic carbocycles. The van der Waals surface area contributed by atoms with Crippen molar-refractivity contribution in [2.45, 2.75) is 58.2 Å². The quantitative estimate of drug-likeness (QED) is 0.260. The summed E-state index contributed by atoms with van der Waals surface area (Å²) in [4.78, 5) is 18.3. The number of aliphatic carboxylic acids is 1. The molecule has 180 valence electrons. The van der Waals surface area contributed by atoms with Gasteiger partial charge in [0.1, 0.15) is 12.3 Å². The molecular weight excluding hydrogens is 481 g/mol. The molecule has 3 atom stereocenters. The number of nitrogens with one attached hydrogen (secondary N) is 1. The Labute approximate surface area is 209 Å². The fourth-order valence-electron chi connectivity index (χ4n) is 3.86. The number of carbonyl (C=O) groups is 1. The molecule has 6 nitrogen and oxygen atoms in total. The lowest BCUT2D eigenvalue weighted by Gasteiger charge is -2.30. The average molecular weight is 513 g/mol. The van der Waals surface area contributed by atoms with Gasteiger partial charge in [-0.1, -0.05) is 48.7 Å². The maximum Gasteiger partial charge on any atom is 0.320 e. The van der Waals surface area contributed by atoms with Crippen LogP contribution in [0.5, 0.6) is 0 Å². The molecule has 0 bridgehead atoms. The van der Waals surface area contributed by atoms with Gasteiger partial charge >= 0.3 is 5.97 Å². The van der Waals surface area contributed by atoms with E-state index in [2.05, 4.69) is 28.6 Å². The first-order valence-corrected chi connectivity index (χ1v) is 12.9. The van der Waals surface area contributed by atoms with Gasteiger partial charge < -0.3 is 15.1 Å². The molecule has 0 radical (unpaired) electrons. The van der Waals surface area contributed by atoms with Crippen molar-refractivity contribution < 1.29 is 15.0 Å². The van der Waals surface area contributed by atoms with Gasteiger partial charge in [-0.25, -0.2) is 4.98 Å². The summed E-state index contributed by atoms with van der Waals surface area (Å²) in [5.41, 5.74) is 2.71. The van der Waals surface area contributed by atoms with Crippen molar-refractivity contribution in [3.05, 3.63) is 45.3 Å². The largest absolute Gasteiger partial charge is 0.480 e. The smallest absolute Gasteiger partial charge is 0.320 e. The number of aromatic nitrogens is 1. The van der Waals surface area contributed by atoms with E-state index < -0.39 is 18.2 Å². The zero-order valence-electron chi connectivity index (χ0n) is 18.9. The number of unbranched alkanes of at least 4 members (excludes halogenated alkanes) is 1. The Kier molecular flexibility index (Phi) is 9.58. The van der Waals surface area contributed by atoms with E-state index in [-0.39, 0.29) is 0 Å². The van der Waals surface area contributed by atoms with Crippen LogP contribution in [-0.2, 0) is 4.79 Å². The number of benzene rings is 1. The summed E-state index contributed by atoms with van der Waals surface area (Å²) in [6.07, 6.45) is 5.88. The number of hydrogen-bond donors (Lipinski definition) is 3. The Hall–Kier alpha value is -1.64. The predicted molar refractivity (Wildman–Crippen MR) is 136 cm³/mol. The van der Waals surface area contributed by atoms with E-state index in [1.807, 2.05) is 12.1 Å². The number of hydrogen-bond acceptors (Lipinski definition) is 6. The first-order valence-electron chi connectivity index (χ1n) is 11.3. The number of carboxylic acids is 1. The summed E-state index contributed by atoms with van der Waals surface area (Å²) in [5, 5.41) is 26.2.